The minimum absolute atomic E-state index is 0.0647. The summed E-state index contributed by atoms with van der Waals surface area (Å²) in [7, 11) is 1.73. The van der Waals surface area contributed by atoms with Crippen LogP contribution in [0, 0.1) is 12.8 Å². The number of carbonyl (C=O) groups excluding carboxylic acids is 1. The van der Waals surface area contributed by atoms with Crippen molar-refractivity contribution in [1.29, 1.82) is 0 Å². The molecule has 3 atom stereocenters. The monoisotopic (exact) mass is 366 g/mol. The van der Waals surface area contributed by atoms with Crippen LogP contribution in [0.25, 0.3) is 0 Å². The minimum Gasteiger partial charge on any atom is -0.496 e. The lowest BCUT2D eigenvalue weighted by atomic mass is 9.75. The molecule has 0 unspecified atom stereocenters. The molecule has 2 aromatic rings. The van der Waals surface area contributed by atoms with E-state index in [0.29, 0.717) is 17.7 Å². The summed E-state index contributed by atoms with van der Waals surface area (Å²) in [5, 5.41) is 0. The van der Waals surface area contributed by atoms with Gasteiger partial charge in [-0.05, 0) is 44.8 Å². The zero-order valence-electron chi connectivity index (χ0n) is 15.9. The Morgan fingerprint density at radius 3 is 2.70 bits per heavy atom. The number of rotatable bonds is 3. The van der Waals surface area contributed by atoms with Gasteiger partial charge in [-0.15, -0.1) is 0 Å². The maximum atomic E-state index is 13.4. The first-order chi connectivity index (χ1) is 13.2. The van der Waals surface area contributed by atoms with Gasteiger partial charge < -0.3 is 14.6 Å². The topological polar surface area (TPSA) is 61.5 Å². The number of para-hydroxylation sites is 1. The molecule has 1 aromatic heterocycles. The molecule has 27 heavy (non-hydrogen) atoms. The van der Waals surface area contributed by atoms with Gasteiger partial charge in [0.25, 0.3) is 5.91 Å². The van der Waals surface area contributed by atoms with E-state index in [9.17, 15) is 4.79 Å². The zero-order valence-corrected chi connectivity index (χ0v) is 15.9. The van der Waals surface area contributed by atoms with E-state index in [1.54, 1.807) is 13.4 Å². The van der Waals surface area contributed by atoms with Crippen molar-refractivity contribution in [2.75, 3.05) is 26.7 Å². The highest BCUT2D eigenvalue weighted by atomic mass is 16.5. The number of hydrogen-bond donors (Lipinski definition) is 1. The van der Waals surface area contributed by atoms with Crippen LogP contribution in [0.1, 0.15) is 40.5 Å². The number of aryl methyl sites for hydroxylation is 1. The van der Waals surface area contributed by atoms with Gasteiger partial charge in [0.15, 0.2) is 0 Å². The Morgan fingerprint density at radius 2 is 2.00 bits per heavy atom. The summed E-state index contributed by atoms with van der Waals surface area (Å²) in [4.78, 5) is 25.5. The molecule has 6 heteroatoms. The quantitative estimate of drug-likeness (QED) is 0.906. The Balaban J connectivity index is 1.56. The second-order valence-electron chi connectivity index (χ2n) is 8.04. The van der Waals surface area contributed by atoms with Crippen molar-refractivity contribution in [2.45, 2.75) is 37.8 Å². The second-order valence-corrected chi connectivity index (χ2v) is 8.04. The largest absolute Gasteiger partial charge is 0.496 e. The molecular weight excluding hydrogens is 340 g/mol. The first-order valence-electron chi connectivity index (χ1n) is 9.87. The lowest BCUT2D eigenvalue weighted by Crippen LogP contribution is -2.60. The maximum Gasteiger partial charge on any atom is 0.274 e. The summed E-state index contributed by atoms with van der Waals surface area (Å²) in [6.45, 7) is 4.93. The van der Waals surface area contributed by atoms with E-state index in [-0.39, 0.29) is 17.9 Å². The molecular formula is C21H26N4O2. The smallest absolute Gasteiger partial charge is 0.274 e. The number of ether oxygens (including phenoxy) is 1. The molecule has 0 aliphatic carbocycles. The van der Waals surface area contributed by atoms with E-state index >= 15 is 0 Å². The van der Waals surface area contributed by atoms with E-state index in [1.807, 2.05) is 19.1 Å². The van der Waals surface area contributed by atoms with Gasteiger partial charge in [-0.2, -0.15) is 0 Å². The molecule has 1 N–H and O–H groups in total. The fourth-order valence-corrected chi connectivity index (χ4v) is 5.61. The molecule has 1 aromatic carbocycles. The molecule has 4 aliphatic rings. The Hall–Kier alpha value is -2.34. The van der Waals surface area contributed by atoms with Crippen molar-refractivity contribution in [3.63, 3.8) is 0 Å². The van der Waals surface area contributed by atoms with Crippen molar-refractivity contribution in [2.24, 2.45) is 5.92 Å². The van der Waals surface area contributed by atoms with Crippen LogP contribution < -0.4 is 4.74 Å². The van der Waals surface area contributed by atoms with Crippen molar-refractivity contribution in [1.82, 2.24) is 19.8 Å². The van der Waals surface area contributed by atoms with Crippen molar-refractivity contribution >= 4 is 5.91 Å². The highest BCUT2D eigenvalue weighted by Crippen LogP contribution is 2.48. The first-order valence-corrected chi connectivity index (χ1v) is 9.87. The number of H-pyrrole nitrogens is 1. The Morgan fingerprint density at radius 1 is 1.22 bits per heavy atom. The molecule has 4 aliphatic heterocycles. The fraction of sp³-hybridized carbons (Fsp3) is 0.524. The molecule has 4 saturated heterocycles. The average Bonchev–Trinajstić information content (AvgIpc) is 3.33. The first kappa shape index (κ1) is 16.8. The Labute approximate surface area is 159 Å². The summed E-state index contributed by atoms with van der Waals surface area (Å²) in [6, 6.07) is 8.92. The highest BCUT2D eigenvalue weighted by molar-refractivity contribution is 5.94. The molecule has 4 fully saturated rings. The van der Waals surface area contributed by atoms with E-state index in [2.05, 4.69) is 31.9 Å². The lowest BCUT2D eigenvalue weighted by molar-refractivity contribution is -0.00368. The highest BCUT2D eigenvalue weighted by Gasteiger charge is 2.55. The Bertz CT molecular complexity index is 855. The van der Waals surface area contributed by atoms with Gasteiger partial charge in [0.1, 0.15) is 11.4 Å². The number of piperidine rings is 3. The number of carbonyl (C=O) groups is 1. The van der Waals surface area contributed by atoms with Crippen LogP contribution in [0.5, 0.6) is 5.75 Å². The third-order valence-corrected chi connectivity index (χ3v) is 6.83. The summed E-state index contributed by atoms with van der Waals surface area (Å²) < 4.78 is 5.67. The van der Waals surface area contributed by atoms with Gasteiger partial charge in [-0.3, -0.25) is 9.69 Å². The molecule has 0 spiro atoms. The number of amides is 1. The number of nitrogens with zero attached hydrogens (tertiary/aromatic N) is 3. The van der Waals surface area contributed by atoms with E-state index in [1.165, 1.54) is 18.4 Å². The third-order valence-electron chi connectivity index (χ3n) is 6.83. The van der Waals surface area contributed by atoms with E-state index in [0.717, 1.165) is 31.1 Å². The van der Waals surface area contributed by atoms with Gasteiger partial charge in [0.05, 0.1) is 19.5 Å². The molecule has 1 amide bonds. The maximum absolute atomic E-state index is 13.4. The van der Waals surface area contributed by atoms with Crippen molar-refractivity contribution in [3.8, 4) is 5.75 Å². The summed E-state index contributed by atoms with van der Waals surface area (Å²) >= 11 is 0. The van der Waals surface area contributed by atoms with Crippen molar-refractivity contribution < 1.29 is 9.53 Å². The Kier molecular flexibility index (Phi) is 3.97. The van der Waals surface area contributed by atoms with Gasteiger partial charge >= 0.3 is 0 Å². The molecule has 6 rings (SSSR count). The number of nitrogens with one attached hydrogen (secondary N) is 1. The average molecular weight is 366 g/mol. The van der Waals surface area contributed by atoms with Crippen LogP contribution >= 0.6 is 0 Å². The van der Waals surface area contributed by atoms with Gasteiger partial charge in [0.2, 0.25) is 0 Å². The fourth-order valence-electron chi connectivity index (χ4n) is 5.61. The van der Waals surface area contributed by atoms with Crippen LogP contribution in [0.2, 0.25) is 0 Å². The van der Waals surface area contributed by atoms with E-state index in [4.69, 9.17) is 4.74 Å². The lowest BCUT2D eigenvalue weighted by Gasteiger charge is -2.51. The molecule has 2 bridgehead atoms. The number of benzene rings is 1. The number of fused-ring (bicyclic) bond motifs is 2. The molecule has 142 valence electrons. The predicted molar refractivity (Wildman–Crippen MR) is 102 cm³/mol. The predicted octanol–water partition coefficient (Wildman–Crippen LogP) is 2.43. The number of hydrogen-bond acceptors (Lipinski definition) is 4. The van der Waals surface area contributed by atoms with Gasteiger partial charge in [0, 0.05) is 29.8 Å². The standard InChI is InChI=1S/C21H26N4O2/c1-13-18(23-12-22-13)21(26)25-11-16(15-5-3-4-6-17(15)27-2)20-19(25)14-7-9-24(20)10-8-14/h3-6,12,14,16,19-20H,7-11H2,1-2H3,(H,22,23)/t16-,19+,20+/m0/s1. The molecule has 0 radical (unpaired) electrons. The van der Waals surface area contributed by atoms with Crippen molar-refractivity contribution in [3.05, 3.63) is 47.5 Å². The number of aromatic amines is 1. The number of imidazole rings is 1. The minimum atomic E-state index is 0.0647. The van der Waals surface area contributed by atoms with Gasteiger partial charge in [-0.25, -0.2) is 4.98 Å². The van der Waals surface area contributed by atoms with Crippen LogP contribution in [0.15, 0.2) is 30.6 Å². The summed E-state index contributed by atoms with van der Waals surface area (Å²) in [5.41, 5.74) is 2.63. The number of methoxy groups -OCH3 is 1. The van der Waals surface area contributed by atoms with E-state index < -0.39 is 0 Å². The zero-order chi connectivity index (χ0) is 18.5. The normalized spacial score (nSPS) is 31.8. The van der Waals surface area contributed by atoms with Crippen LogP contribution in [0.3, 0.4) is 0 Å². The summed E-state index contributed by atoms with van der Waals surface area (Å²) in [6.07, 6.45) is 3.98. The van der Waals surface area contributed by atoms with Crippen LogP contribution in [-0.2, 0) is 0 Å². The third kappa shape index (κ3) is 2.50. The number of likely N-dealkylation sites (tertiary alicyclic amines) is 1. The van der Waals surface area contributed by atoms with Crippen LogP contribution in [0.4, 0.5) is 0 Å². The molecule has 6 nitrogen and oxygen atoms in total. The molecule has 0 saturated carbocycles. The summed E-state index contributed by atoms with van der Waals surface area (Å²) in [5.74, 6) is 1.85. The molecule has 5 heterocycles. The van der Waals surface area contributed by atoms with Gasteiger partial charge in [-0.1, -0.05) is 18.2 Å². The van der Waals surface area contributed by atoms with Crippen LogP contribution in [-0.4, -0.2) is 64.5 Å². The SMILES string of the molecule is COc1ccccc1[C@@H]1CN(C(=O)c2nc[nH]c2C)[C@@H]2C3CCN(CC3)[C@@H]21. The number of aromatic nitrogens is 2. The second kappa shape index (κ2) is 6.37.